The van der Waals surface area contributed by atoms with E-state index in [-0.39, 0.29) is 6.10 Å². The molecule has 0 amide bonds. The highest BCUT2D eigenvalue weighted by molar-refractivity contribution is 7.98. The van der Waals surface area contributed by atoms with Gasteiger partial charge in [0.1, 0.15) is 17.4 Å². The summed E-state index contributed by atoms with van der Waals surface area (Å²) in [6, 6.07) is 10.8. The fourth-order valence-corrected chi connectivity index (χ4v) is 4.08. The molecule has 0 atom stereocenters. The molecule has 1 aliphatic carbocycles. The number of halogens is 3. The van der Waals surface area contributed by atoms with E-state index in [4.69, 9.17) is 24.6 Å². The maximum Gasteiger partial charge on any atom is 0.490 e. The van der Waals surface area contributed by atoms with E-state index in [2.05, 4.69) is 45.7 Å². The Bertz CT molecular complexity index is 1180. The lowest BCUT2D eigenvalue weighted by atomic mass is 10.1. The zero-order chi connectivity index (χ0) is 25.7. The number of thioether (sulfide) groups is 1. The highest BCUT2D eigenvalue weighted by Gasteiger charge is 2.38. The van der Waals surface area contributed by atoms with Crippen LogP contribution >= 0.6 is 11.8 Å². The minimum absolute atomic E-state index is 0.237. The normalized spacial score (nSPS) is 16.3. The van der Waals surface area contributed by atoms with E-state index in [0.29, 0.717) is 6.04 Å². The number of piperidine rings is 1. The standard InChI is InChI=1S/C22H25N5OS.C2HF3O2/c1-29-18-6-4-16(5-7-18)28-17-9-12-27(13-10-17)22-21(24-15-2-3-15)25-19-8-11-23-14-20(19)26-22;3-2(4,5)1(6)7/h4-8,11,14-15,17H,2-3,9-10,12-13H2,1H3,(H,24,25);(H,6,7). The van der Waals surface area contributed by atoms with Crippen LogP contribution in [0.3, 0.4) is 0 Å². The number of fused-ring (bicyclic) bond motifs is 1. The van der Waals surface area contributed by atoms with Gasteiger partial charge in [0.25, 0.3) is 0 Å². The van der Waals surface area contributed by atoms with E-state index >= 15 is 0 Å². The van der Waals surface area contributed by atoms with Crippen LogP contribution in [0.15, 0.2) is 47.6 Å². The number of aromatic nitrogens is 3. The van der Waals surface area contributed by atoms with Gasteiger partial charge < -0.3 is 20.1 Å². The third-order valence-electron chi connectivity index (χ3n) is 5.71. The molecule has 8 nitrogen and oxygen atoms in total. The summed E-state index contributed by atoms with van der Waals surface area (Å²) in [5, 5.41) is 10.7. The molecule has 192 valence electrons. The van der Waals surface area contributed by atoms with Crippen molar-refractivity contribution in [1.82, 2.24) is 15.0 Å². The van der Waals surface area contributed by atoms with E-state index in [1.165, 1.54) is 17.7 Å². The summed E-state index contributed by atoms with van der Waals surface area (Å²) < 4.78 is 38.0. The van der Waals surface area contributed by atoms with Gasteiger partial charge in [0.2, 0.25) is 0 Å². The number of ether oxygens (including phenoxy) is 1. The second-order valence-electron chi connectivity index (χ2n) is 8.46. The Morgan fingerprint density at radius 2 is 1.75 bits per heavy atom. The molecule has 2 aliphatic rings. The van der Waals surface area contributed by atoms with Crippen LogP contribution in [-0.4, -0.2) is 63.7 Å². The lowest BCUT2D eigenvalue weighted by Crippen LogP contribution is -2.39. The van der Waals surface area contributed by atoms with Gasteiger partial charge >= 0.3 is 12.1 Å². The first-order valence-electron chi connectivity index (χ1n) is 11.5. The second kappa shape index (κ2) is 11.2. The molecule has 0 radical (unpaired) electrons. The fourth-order valence-electron chi connectivity index (χ4n) is 3.67. The number of pyridine rings is 1. The van der Waals surface area contributed by atoms with Crippen LogP contribution in [0.1, 0.15) is 25.7 Å². The van der Waals surface area contributed by atoms with E-state index < -0.39 is 12.1 Å². The number of aliphatic carboxylic acids is 1. The average molecular weight is 522 g/mol. The Hall–Kier alpha value is -3.28. The minimum atomic E-state index is -5.08. The molecule has 1 aliphatic heterocycles. The Kier molecular flexibility index (Phi) is 8.02. The third kappa shape index (κ3) is 6.90. The monoisotopic (exact) mass is 521 g/mol. The molecule has 2 fully saturated rings. The Labute approximate surface area is 210 Å². The van der Waals surface area contributed by atoms with Crippen molar-refractivity contribution >= 4 is 40.4 Å². The topological polar surface area (TPSA) is 100 Å². The van der Waals surface area contributed by atoms with Gasteiger partial charge in [0.05, 0.1) is 11.7 Å². The van der Waals surface area contributed by atoms with Gasteiger partial charge in [-0.2, -0.15) is 13.2 Å². The number of rotatable bonds is 6. The van der Waals surface area contributed by atoms with Gasteiger partial charge in [-0.1, -0.05) is 0 Å². The van der Waals surface area contributed by atoms with Gasteiger partial charge in [0.15, 0.2) is 11.6 Å². The maximum atomic E-state index is 10.6. The predicted octanol–water partition coefficient (Wildman–Crippen LogP) is 5.00. The molecule has 0 bridgehead atoms. The summed E-state index contributed by atoms with van der Waals surface area (Å²) in [6.07, 6.45) is 5.17. The smallest absolute Gasteiger partial charge is 0.490 e. The number of carboxylic acids is 1. The third-order valence-corrected chi connectivity index (χ3v) is 6.46. The zero-order valence-electron chi connectivity index (χ0n) is 19.5. The fraction of sp³-hybridized carbons (Fsp3) is 0.417. The lowest BCUT2D eigenvalue weighted by molar-refractivity contribution is -0.192. The van der Waals surface area contributed by atoms with Crippen molar-refractivity contribution in [2.45, 2.75) is 48.9 Å². The van der Waals surface area contributed by atoms with Crippen molar-refractivity contribution in [2.75, 3.05) is 29.6 Å². The Morgan fingerprint density at radius 3 is 2.33 bits per heavy atom. The molecular weight excluding hydrogens is 495 g/mol. The molecule has 3 aromatic rings. The Balaban J connectivity index is 0.000000384. The Morgan fingerprint density at radius 1 is 1.08 bits per heavy atom. The number of anilines is 2. The van der Waals surface area contributed by atoms with Gasteiger partial charge in [-0.05, 0) is 49.4 Å². The number of carbonyl (C=O) groups is 1. The molecule has 0 spiro atoms. The number of carboxylic acid groups (broad SMARTS) is 1. The van der Waals surface area contributed by atoms with Gasteiger partial charge in [-0.25, -0.2) is 14.8 Å². The molecule has 3 heterocycles. The quantitative estimate of drug-likeness (QED) is 0.434. The van der Waals surface area contributed by atoms with Crippen LogP contribution in [0.4, 0.5) is 24.8 Å². The van der Waals surface area contributed by atoms with Crippen molar-refractivity contribution in [3.8, 4) is 5.75 Å². The zero-order valence-corrected chi connectivity index (χ0v) is 20.3. The lowest BCUT2D eigenvalue weighted by Gasteiger charge is -2.33. The molecule has 36 heavy (non-hydrogen) atoms. The summed E-state index contributed by atoms with van der Waals surface area (Å²) in [6.45, 7) is 1.82. The molecule has 5 rings (SSSR count). The van der Waals surface area contributed by atoms with Crippen molar-refractivity contribution in [3.05, 3.63) is 42.7 Å². The molecule has 2 N–H and O–H groups in total. The highest BCUT2D eigenvalue weighted by atomic mass is 32.2. The van der Waals surface area contributed by atoms with Crippen LogP contribution in [0.25, 0.3) is 11.0 Å². The molecule has 2 aromatic heterocycles. The molecular formula is C24H26F3N5O3S. The van der Waals surface area contributed by atoms with E-state index in [1.807, 2.05) is 6.07 Å². The van der Waals surface area contributed by atoms with Crippen LogP contribution in [-0.2, 0) is 4.79 Å². The average Bonchev–Trinajstić information content (AvgIpc) is 3.68. The van der Waals surface area contributed by atoms with Crippen molar-refractivity contribution < 1.29 is 27.8 Å². The summed E-state index contributed by atoms with van der Waals surface area (Å²) in [4.78, 5) is 26.4. The second-order valence-corrected chi connectivity index (χ2v) is 9.34. The minimum Gasteiger partial charge on any atom is -0.490 e. The molecule has 1 saturated heterocycles. The summed E-state index contributed by atoms with van der Waals surface area (Å²) in [7, 11) is 0. The van der Waals surface area contributed by atoms with Gasteiger partial charge in [-0.15, -0.1) is 11.8 Å². The van der Waals surface area contributed by atoms with Gasteiger partial charge in [-0.3, -0.25) is 4.98 Å². The molecule has 1 saturated carbocycles. The van der Waals surface area contributed by atoms with Crippen molar-refractivity contribution in [3.63, 3.8) is 0 Å². The first-order valence-corrected chi connectivity index (χ1v) is 12.7. The van der Waals surface area contributed by atoms with E-state index in [9.17, 15) is 13.2 Å². The number of nitrogens with zero attached hydrogens (tertiary/aromatic N) is 4. The predicted molar refractivity (Wildman–Crippen MR) is 132 cm³/mol. The highest BCUT2D eigenvalue weighted by Crippen LogP contribution is 2.32. The maximum absolute atomic E-state index is 10.6. The SMILES string of the molecule is CSc1ccc(OC2CCN(c3nc4cnccc4nc3NC3CC3)CC2)cc1.O=C(O)C(F)(F)F. The first-order chi connectivity index (χ1) is 17.2. The van der Waals surface area contributed by atoms with E-state index in [0.717, 1.165) is 54.3 Å². The number of hydrogen-bond acceptors (Lipinski definition) is 8. The number of benzene rings is 1. The van der Waals surface area contributed by atoms with E-state index in [1.54, 1.807) is 24.2 Å². The molecule has 0 unspecified atom stereocenters. The van der Waals surface area contributed by atoms with Crippen LogP contribution in [0, 0.1) is 0 Å². The summed E-state index contributed by atoms with van der Waals surface area (Å²) in [5.74, 6) is 0.0415. The van der Waals surface area contributed by atoms with Crippen LogP contribution in [0.5, 0.6) is 5.75 Å². The number of nitrogens with one attached hydrogen (secondary N) is 1. The molecule has 12 heteroatoms. The first kappa shape index (κ1) is 25.8. The number of alkyl halides is 3. The largest absolute Gasteiger partial charge is 0.490 e. The van der Waals surface area contributed by atoms with Crippen LogP contribution < -0.4 is 15.0 Å². The van der Waals surface area contributed by atoms with Crippen LogP contribution in [0.2, 0.25) is 0 Å². The van der Waals surface area contributed by atoms with Crippen molar-refractivity contribution in [1.29, 1.82) is 0 Å². The number of hydrogen-bond donors (Lipinski definition) is 2. The molecule has 1 aromatic carbocycles. The summed E-state index contributed by atoms with van der Waals surface area (Å²) in [5.41, 5.74) is 1.73. The van der Waals surface area contributed by atoms with Crippen molar-refractivity contribution in [2.24, 2.45) is 0 Å². The summed E-state index contributed by atoms with van der Waals surface area (Å²) >= 11 is 1.75. The van der Waals surface area contributed by atoms with Gasteiger partial charge in [0, 0.05) is 43.1 Å².